The summed E-state index contributed by atoms with van der Waals surface area (Å²) in [6.45, 7) is 0. The van der Waals surface area contributed by atoms with E-state index in [9.17, 15) is 0 Å². The van der Waals surface area contributed by atoms with Crippen LogP contribution >= 0.6 is 0 Å². The van der Waals surface area contributed by atoms with Crippen LogP contribution in [0.4, 0.5) is 0 Å². The molecule has 0 bridgehead atoms. The fourth-order valence-electron chi connectivity index (χ4n) is 7.57. The van der Waals surface area contributed by atoms with Crippen molar-refractivity contribution in [3.8, 4) is 45.3 Å². The lowest BCUT2D eigenvalue weighted by atomic mass is 9.99. The van der Waals surface area contributed by atoms with Gasteiger partial charge in [0.2, 0.25) is 5.95 Å². The number of nitrogens with zero attached hydrogens (tertiary/aromatic N) is 4. The molecule has 0 aliphatic rings. The highest BCUT2D eigenvalue weighted by molar-refractivity contribution is 6.18. The van der Waals surface area contributed by atoms with Crippen molar-refractivity contribution >= 4 is 43.6 Å². The van der Waals surface area contributed by atoms with E-state index >= 15 is 0 Å². The number of rotatable bonds is 5. The van der Waals surface area contributed by atoms with Gasteiger partial charge in [-0.15, -0.1) is 0 Å². The molecule has 0 saturated heterocycles. The van der Waals surface area contributed by atoms with Gasteiger partial charge in [-0.05, 0) is 30.3 Å². The largest absolute Gasteiger partial charge is 0.309 e. The first kappa shape index (κ1) is 28.3. The van der Waals surface area contributed by atoms with Crippen molar-refractivity contribution < 1.29 is 0 Å². The molecule has 7 aromatic carbocycles. The van der Waals surface area contributed by atoms with Gasteiger partial charge < -0.3 is 4.57 Å². The molecule has 3 heterocycles. The lowest BCUT2D eigenvalue weighted by molar-refractivity contribution is 0.996. The number of hydrogen-bond donors (Lipinski definition) is 0. The Labute approximate surface area is 289 Å². The quantitative estimate of drug-likeness (QED) is 0.188. The van der Waals surface area contributed by atoms with Crippen LogP contribution < -0.4 is 0 Å². The fourth-order valence-corrected chi connectivity index (χ4v) is 7.57. The molecular weight excluding hydrogens is 609 g/mol. The molecule has 0 N–H and O–H groups in total. The Morgan fingerprint density at radius 3 is 1.30 bits per heavy atom. The molecule has 4 nitrogen and oxygen atoms in total. The van der Waals surface area contributed by atoms with Gasteiger partial charge in [0.05, 0.1) is 33.5 Å². The molecule has 10 aromatic rings. The minimum Gasteiger partial charge on any atom is -0.309 e. The Balaban J connectivity index is 1.34. The van der Waals surface area contributed by atoms with Gasteiger partial charge in [0.1, 0.15) is 0 Å². The van der Waals surface area contributed by atoms with E-state index in [1.54, 1.807) is 0 Å². The average Bonchev–Trinajstić information content (AvgIpc) is 3.72. The molecule has 0 aliphatic heterocycles. The van der Waals surface area contributed by atoms with Crippen LogP contribution in [0.25, 0.3) is 88.9 Å². The molecule has 234 valence electrons. The summed E-state index contributed by atoms with van der Waals surface area (Å²) in [6.07, 6.45) is 0. The summed E-state index contributed by atoms with van der Waals surface area (Å²) >= 11 is 0. The average molecular weight is 639 g/mol. The summed E-state index contributed by atoms with van der Waals surface area (Å²) in [5.41, 5.74) is 11.8. The van der Waals surface area contributed by atoms with Crippen molar-refractivity contribution in [1.29, 1.82) is 0 Å². The zero-order valence-corrected chi connectivity index (χ0v) is 27.1. The Hall–Kier alpha value is -6.78. The first-order valence-corrected chi connectivity index (χ1v) is 16.9. The minimum atomic E-state index is 0.639. The SMILES string of the molecule is c1ccc(-c2cc(-c3ccccc3)nc(-n3c4ccccc4c4cccc(-c5cccc6c7ccccc7n(-c7ccccc7)c56)c43)n2)cc1. The highest BCUT2D eigenvalue weighted by Gasteiger charge is 2.22. The maximum absolute atomic E-state index is 5.32. The standard InChI is InChI=1S/C46H30N4/c1-4-16-31(17-5-1)40-30-41(32-18-6-2-7-19-32)48-46(47-40)50-43-29-13-11-23-35(43)37-25-15-27-39(45(37)50)38-26-14-24-36-34-22-10-12-28-42(34)49(44(36)38)33-20-8-3-9-21-33/h1-30H. The summed E-state index contributed by atoms with van der Waals surface area (Å²) in [5.74, 6) is 0.639. The lowest BCUT2D eigenvalue weighted by Crippen LogP contribution is -2.05. The second kappa shape index (κ2) is 11.4. The number of para-hydroxylation sites is 5. The molecule has 3 aromatic heterocycles. The zero-order valence-electron chi connectivity index (χ0n) is 27.1. The topological polar surface area (TPSA) is 35.6 Å². The molecule has 50 heavy (non-hydrogen) atoms. The summed E-state index contributed by atoms with van der Waals surface area (Å²) in [7, 11) is 0. The van der Waals surface area contributed by atoms with E-state index < -0.39 is 0 Å². The Morgan fingerprint density at radius 1 is 0.340 bits per heavy atom. The van der Waals surface area contributed by atoms with Crippen molar-refractivity contribution in [2.45, 2.75) is 0 Å². The molecule has 0 radical (unpaired) electrons. The maximum atomic E-state index is 5.32. The number of fused-ring (bicyclic) bond motifs is 6. The highest BCUT2D eigenvalue weighted by Crippen LogP contribution is 2.43. The second-order valence-corrected chi connectivity index (χ2v) is 12.6. The molecule has 0 amide bonds. The van der Waals surface area contributed by atoms with E-state index in [1.807, 2.05) is 12.1 Å². The number of hydrogen-bond acceptors (Lipinski definition) is 2. The van der Waals surface area contributed by atoms with E-state index in [-0.39, 0.29) is 0 Å². The van der Waals surface area contributed by atoms with Gasteiger partial charge in [-0.2, -0.15) is 0 Å². The van der Waals surface area contributed by atoms with Crippen molar-refractivity contribution in [3.63, 3.8) is 0 Å². The van der Waals surface area contributed by atoms with Crippen LogP contribution in [0.2, 0.25) is 0 Å². The third-order valence-electron chi connectivity index (χ3n) is 9.75. The fraction of sp³-hybridized carbons (Fsp3) is 0. The molecule has 0 unspecified atom stereocenters. The monoisotopic (exact) mass is 638 g/mol. The summed E-state index contributed by atoms with van der Waals surface area (Å²) in [4.78, 5) is 10.6. The molecular formula is C46H30N4. The predicted octanol–water partition coefficient (Wildman–Crippen LogP) is 11.7. The van der Waals surface area contributed by atoms with E-state index in [4.69, 9.17) is 9.97 Å². The van der Waals surface area contributed by atoms with Crippen LogP contribution in [0.1, 0.15) is 0 Å². The van der Waals surface area contributed by atoms with Crippen LogP contribution in [0, 0.1) is 0 Å². The van der Waals surface area contributed by atoms with Gasteiger partial charge in [-0.3, -0.25) is 4.57 Å². The third kappa shape index (κ3) is 4.39. The van der Waals surface area contributed by atoms with E-state index in [2.05, 4.69) is 179 Å². The van der Waals surface area contributed by atoms with Crippen molar-refractivity contribution in [2.24, 2.45) is 0 Å². The number of aromatic nitrogens is 4. The highest BCUT2D eigenvalue weighted by atomic mass is 15.2. The van der Waals surface area contributed by atoms with Crippen molar-refractivity contribution in [2.75, 3.05) is 0 Å². The maximum Gasteiger partial charge on any atom is 0.235 e. The van der Waals surface area contributed by atoms with Crippen LogP contribution in [-0.2, 0) is 0 Å². The normalized spacial score (nSPS) is 11.6. The molecule has 0 aliphatic carbocycles. The van der Waals surface area contributed by atoms with Gasteiger partial charge in [0.15, 0.2) is 0 Å². The first-order valence-electron chi connectivity index (χ1n) is 16.9. The van der Waals surface area contributed by atoms with Gasteiger partial charge in [0.25, 0.3) is 0 Å². The first-order chi connectivity index (χ1) is 24.8. The minimum absolute atomic E-state index is 0.639. The molecule has 0 saturated carbocycles. The van der Waals surface area contributed by atoms with Gasteiger partial charge in [-0.25, -0.2) is 9.97 Å². The van der Waals surface area contributed by atoms with Gasteiger partial charge >= 0.3 is 0 Å². The second-order valence-electron chi connectivity index (χ2n) is 12.6. The summed E-state index contributed by atoms with van der Waals surface area (Å²) in [6, 6.07) is 64.2. The molecule has 0 spiro atoms. The van der Waals surface area contributed by atoms with Crippen LogP contribution in [-0.4, -0.2) is 19.1 Å². The summed E-state index contributed by atoms with van der Waals surface area (Å²) in [5, 5.41) is 4.77. The van der Waals surface area contributed by atoms with Gasteiger partial charge in [-0.1, -0.05) is 152 Å². The molecule has 0 fully saturated rings. The van der Waals surface area contributed by atoms with Crippen LogP contribution in [0.5, 0.6) is 0 Å². The van der Waals surface area contributed by atoms with Crippen LogP contribution in [0.3, 0.4) is 0 Å². The van der Waals surface area contributed by atoms with E-state index in [1.165, 1.54) is 21.8 Å². The lowest BCUT2D eigenvalue weighted by Gasteiger charge is -2.15. The summed E-state index contributed by atoms with van der Waals surface area (Å²) < 4.78 is 4.68. The smallest absolute Gasteiger partial charge is 0.235 e. The number of benzene rings is 7. The predicted molar refractivity (Wildman–Crippen MR) is 207 cm³/mol. The van der Waals surface area contributed by atoms with Crippen LogP contribution in [0.15, 0.2) is 182 Å². The van der Waals surface area contributed by atoms with E-state index in [0.29, 0.717) is 5.95 Å². The molecule has 4 heteroatoms. The third-order valence-corrected chi connectivity index (χ3v) is 9.75. The Morgan fingerprint density at radius 2 is 0.760 bits per heavy atom. The van der Waals surface area contributed by atoms with Gasteiger partial charge in [0, 0.05) is 49.5 Å². The van der Waals surface area contributed by atoms with E-state index in [0.717, 1.165) is 61.1 Å². The Kier molecular flexibility index (Phi) is 6.46. The van der Waals surface area contributed by atoms with Crippen molar-refractivity contribution in [3.05, 3.63) is 182 Å². The molecule has 10 rings (SSSR count). The molecule has 0 atom stereocenters. The van der Waals surface area contributed by atoms with Crippen molar-refractivity contribution in [1.82, 2.24) is 19.1 Å². The Bertz CT molecular complexity index is 2790. The zero-order chi connectivity index (χ0) is 33.0.